The Hall–Kier alpha value is -1.92. The second-order valence-corrected chi connectivity index (χ2v) is 8.26. The Morgan fingerprint density at radius 2 is 1.54 bits per heavy atom. The Labute approximate surface area is 174 Å². The Balaban J connectivity index is 1.67. The molecule has 28 heavy (non-hydrogen) atoms. The van der Waals surface area contributed by atoms with E-state index in [0.29, 0.717) is 5.92 Å². The van der Waals surface area contributed by atoms with Crippen LogP contribution in [0.5, 0.6) is 0 Å². The molecular formula is C28H38. The third-order valence-corrected chi connectivity index (χ3v) is 5.84. The van der Waals surface area contributed by atoms with Crippen LogP contribution in [0.2, 0.25) is 0 Å². The van der Waals surface area contributed by atoms with Gasteiger partial charge in [0.2, 0.25) is 0 Å². The lowest BCUT2D eigenvalue weighted by Gasteiger charge is -2.25. The lowest BCUT2D eigenvalue weighted by atomic mass is 9.80. The van der Waals surface area contributed by atoms with Gasteiger partial charge in [-0.3, -0.25) is 0 Å². The first kappa shape index (κ1) is 22.4. The van der Waals surface area contributed by atoms with E-state index in [1.807, 2.05) is 12.2 Å². The highest BCUT2D eigenvalue weighted by molar-refractivity contribution is 5.39. The molecule has 0 radical (unpaired) electrons. The number of aryl methyl sites for hydroxylation is 1. The summed E-state index contributed by atoms with van der Waals surface area (Å²) >= 11 is 0. The second-order valence-electron chi connectivity index (χ2n) is 8.26. The number of hydrogen-bond acceptors (Lipinski definition) is 0. The summed E-state index contributed by atoms with van der Waals surface area (Å²) in [5.74, 6) is 14.5. The van der Waals surface area contributed by atoms with Crippen molar-refractivity contribution in [1.29, 1.82) is 0 Å². The van der Waals surface area contributed by atoms with E-state index in [-0.39, 0.29) is 0 Å². The van der Waals surface area contributed by atoms with E-state index < -0.39 is 0 Å². The van der Waals surface area contributed by atoms with Crippen molar-refractivity contribution in [3.05, 3.63) is 47.5 Å². The van der Waals surface area contributed by atoms with Crippen molar-refractivity contribution in [3.63, 3.8) is 0 Å². The molecule has 0 spiro atoms. The molecule has 2 rings (SSSR count). The first-order chi connectivity index (χ1) is 13.8. The third-order valence-electron chi connectivity index (χ3n) is 5.84. The van der Waals surface area contributed by atoms with Gasteiger partial charge >= 0.3 is 0 Å². The average Bonchev–Trinajstić information content (AvgIpc) is 2.74. The minimum Gasteiger partial charge on any atom is -0.0951 e. The fourth-order valence-electron chi connectivity index (χ4n) is 3.97. The minimum atomic E-state index is 0.597. The van der Waals surface area contributed by atoms with Crippen LogP contribution in [-0.4, -0.2) is 0 Å². The molecule has 1 aromatic rings. The van der Waals surface area contributed by atoms with Gasteiger partial charge in [-0.05, 0) is 74.3 Å². The van der Waals surface area contributed by atoms with Crippen molar-refractivity contribution in [1.82, 2.24) is 0 Å². The largest absolute Gasteiger partial charge is 0.0951 e. The maximum absolute atomic E-state index is 3.44. The maximum Gasteiger partial charge on any atom is 0.0249 e. The topological polar surface area (TPSA) is 0 Å². The van der Waals surface area contributed by atoms with Crippen LogP contribution in [-0.2, 0) is 6.42 Å². The fraction of sp³-hybridized carbons (Fsp3) is 0.571. The predicted octanol–water partition coefficient (Wildman–Crippen LogP) is 7.72. The van der Waals surface area contributed by atoms with Crippen molar-refractivity contribution in [2.45, 2.75) is 90.9 Å². The molecule has 0 bridgehead atoms. The SMILES string of the molecule is CCCCCCC1CCC(C#C/C=C/C#Cc2ccc(CCCC)cc2)CC1. The average molecular weight is 375 g/mol. The lowest BCUT2D eigenvalue weighted by molar-refractivity contribution is 0.294. The van der Waals surface area contributed by atoms with Gasteiger partial charge in [-0.1, -0.05) is 88.2 Å². The van der Waals surface area contributed by atoms with Crippen LogP contribution >= 0.6 is 0 Å². The van der Waals surface area contributed by atoms with Crippen molar-refractivity contribution >= 4 is 0 Å². The van der Waals surface area contributed by atoms with Crippen LogP contribution in [0.3, 0.4) is 0 Å². The molecule has 0 atom stereocenters. The van der Waals surface area contributed by atoms with Crippen LogP contribution in [0.1, 0.15) is 95.6 Å². The van der Waals surface area contributed by atoms with E-state index in [1.165, 1.54) is 82.6 Å². The third kappa shape index (κ3) is 9.33. The van der Waals surface area contributed by atoms with Crippen molar-refractivity contribution in [3.8, 4) is 23.7 Å². The molecular weight excluding hydrogens is 336 g/mol. The summed E-state index contributed by atoms with van der Waals surface area (Å²) in [6.07, 6.45) is 19.8. The van der Waals surface area contributed by atoms with E-state index in [0.717, 1.165) is 11.5 Å². The summed E-state index contributed by atoms with van der Waals surface area (Å²) < 4.78 is 0. The van der Waals surface area contributed by atoms with E-state index in [1.54, 1.807) is 0 Å². The summed E-state index contributed by atoms with van der Waals surface area (Å²) in [6.45, 7) is 4.52. The van der Waals surface area contributed by atoms with Gasteiger partial charge in [0.1, 0.15) is 0 Å². The molecule has 0 heteroatoms. The Morgan fingerprint density at radius 1 is 0.821 bits per heavy atom. The van der Waals surface area contributed by atoms with E-state index in [4.69, 9.17) is 0 Å². The molecule has 0 nitrogen and oxygen atoms in total. The Bertz CT molecular complexity index is 676. The highest BCUT2D eigenvalue weighted by atomic mass is 14.2. The van der Waals surface area contributed by atoms with E-state index in [9.17, 15) is 0 Å². The molecule has 0 aliphatic heterocycles. The van der Waals surface area contributed by atoms with Crippen LogP contribution in [0, 0.1) is 35.5 Å². The normalized spacial score (nSPS) is 18.9. The molecule has 0 amide bonds. The van der Waals surface area contributed by atoms with Crippen molar-refractivity contribution < 1.29 is 0 Å². The molecule has 1 aliphatic carbocycles. The Morgan fingerprint density at radius 3 is 2.25 bits per heavy atom. The minimum absolute atomic E-state index is 0.597. The van der Waals surface area contributed by atoms with Crippen molar-refractivity contribution in [2.75, 3.05) is 0 Å². The number of allylic oxidation sites excluding steroid dienone is 2. The first-order valence-electron chi connectivity index (χ1n) is 11.6. The van der Waals surface area contributed by atoms with Crippen LogP contribution < -0.4 is 0 Å². The Kier molecular flexibility index (Phi) is 11.3. The summed E-state index contributed by atoms with van der Waals surface area (Å²) in [4.78, 5) is 0. The van der Waals surface area contributed by atoms with Gasteiger partial charge < -0.3 is 0 Å². The number of unbranched alkanes of at least 4 members (excludes halogenated alkanes) is 4. The van der Waals surface area contributed by atoms with Gasteiger partial charge in [-0.25, -0.2) is 0 Å². The molecule has 1 fully saturated rings. The van der Waals surface area contributed by atoms with Gasteiger partial charge in [-0.2, -0.15) is 0 Å². The lowest BCUT2D eigenvalue weighted by Crippen LogP contribution is -2.13. The smallest absolute Gasteiger partial charge is 0.0249 e. The van der Waals surface area contributed by atoms with Gasteiger partial charge in [0.25, 0.3) is 0 Å². The van der Waals surface area contributed by atoms with Gasteiger partial charge in [0, 0.05) is 11.5 Å². The fourth-order valence-corrected chi connectivity index (χ4v) is 3.97. The monoisotopic (exact) mass is 374 g/mol. The molecule has 0 saturated heterocycles. The first-order valence-corrected chi connectivity index (χ1v) is 11.6. The summed E-state index contributed by atoms with van der Waals surface area (Å²) in [6, 6.07) is 8.64. The molecule has 0 unspecified atom stereocenters. The summed E-state index contributed by atoms with van der Waals surface area (Å²) in [7, 11) is 0. The molecule has 1 aliphatic rings. The zero-order valence-electron chi connectivity index (χ0n) is 18.1. The quantitative estimate of drug-likeness (QED) is 0.323. The van der Waals surface area contributed by atoms with Gasteiger partial charge in [-0.15, -0.1) is 0 Å². The van der Waals surface area contributed by atoms with Gasteiger partial charge in [0.15, 0.2) is 0 Å². The number of benzene rings is 1. The maximum atomic E-state index is 3.44. The van der Waals surface area contributed by atoms with Crippen LogP contribution in [0.4, 0.5) is 0 Å². The zero-order valence-corrected chi connectivity index (χ0v) is 18.1. The number of rotatable bonds is 8. The molecule has 1 saturated carbocycles. The van der Waals surface area contributed by atoms with Crippen molar-refractivity contribution in [2.24, 2.45) is 11.8 Å². The van der Waals surface area contributed by atoms with Gasteiger partial charge in [0.05, 0.1) is 0 Å². The molecule has 1 aromatic carbocycles. The van der Waals surface area contributed by atoms with E-state index in [2.05, 4.69) is 61.8 Å². The standard InChI is InChI=1S/C28H38/c1-3-5-7-10-14-26-21-23-28(24-22-26)16-12-9-8-11-15-27-19-17-25(18-20-27)13-6-4-2/h8-9,17-20,26,28H,3-7,10,13-14,21-24H2,1-2H3/b9-8+. The second kappa shape index (κ2) is 14.1. The zero-order chi connectivity index (χ0) is 19.9. The number of hydrogen-bond donors (Lipinski definition) is 0. The van der Waals surface area contributed by atoms with Crippen LogP contribution in [0.15, 0.2) is 36.4 Å². The molecule has 0 N–H and O–H groups in total. The highest BCUT2D eigenvalue weighted by Crippen LogP contribution is 2.31. The highest BCUT2D eigenvalue weighted by Gasteiger charge is 2.19. The molecule has 0 heterocycles. The van der Waals surface area contributed by atoms with E-state index >= 15 is 0 Å². The van der Waals surface area contributed by atoms with Crippen LogP contribution in [0.25, 0.3) is 0 Å². The molecule has 0 aromatic heterocycles. The molecule has 150 valence electrons. The summed E-state index contributed by atoms with van der Waals surface area (Å²) in [5, 5.41) is 0. The summed E-state index contributed by atoms with van der Waals surface area (Å²) in [5.41, 5.74) is 2.49. The predicted molar refractivity (Wildman–Crippen MR) is 123 cm³/mol.